The van der Waals surface area contributed by atoms with E-state index in [0.29, 0.717) is 16.9 Å². The average Bonchev–Trinajstić information content (AvgIpc) is 2.88. The van der Waals surface area contributed by atoms with Crippen molar-refractivity contribution in [2.75, 3.05) is 24.5 Å². The van der Waals surface area contributed by atoms with Gasteiger partial charge < -0.3 is 9.88 Å². The van der Waals surface area contributed by atoms with E-state index in [9.17, 15) is 4.79 Å². The molecule has 1 aliphatic heterocycles. The van der Waals surface area contributed by atoms with Crippen LogP contribution >= 0.6 is 0 Å². The monoisotopic (exact) mass is 395 g/mol. The van der Waals surface area contributed by atoms with Crippen molar-refractivity contribution in [1.29, 1.82) is 0 Å². The zero-order valence-electron chi connectivity index (χ0n) is 19.1. The second-order valence-corrected chi connectivity index (χ2v) is 10.6. The summed E-state index contributed by atoms with van der Waals surface area (Å²) in [5, 5.41) is 0.823. The van der Waals surface area contributed by atoms with Crippen LogP contribution in [0, 0.1) is 17.8 Å². The van der Waals surface area contributed by atoms with Crippen LogP contribution in [0.1, 0.15) is 65.1 Å². The van der Waals surface area contributed by atoms with Gasteiger partial charge in [0.15, 0.2) is 5.43 Å². The SMILES string of the molecule is CCN(CC)c1ccc2[nH]c(C)c(CN3CC4(C)CC3CC(C)(C)C4)c(=O)c2c1. The number of H-pyrrole nitrogens is 1. The molecule has 0 spiro atoms. The summed E-state index contributed by atoms with van der Waals surface area (Å²) in [4.78, 5) is 21.9. The van der Waals surface area contributed by atoms with Crippen LogP contribution in [-0.2, 0) is 6.54 Å². The smallest absolute Gasteiger partial charge is 0.194 e. The fourth-order valence-electron chi connectivity index (χ4n) is 6.38. The predicted molar refractivity (Wildman–Crippen MR) is 123 cm³/mol. The van der Waals surface area contributed by atoms with E-state index < -0.39 is 0 Å². The van der Waals surface area contributed by atoms with Gasteiger partial charge in [-0.15, -0.1) is 0 Å². The number of anilines is 1. The Bertz CT molecular complexity index is 972. The Labute approximate surface area is 175 Å². The summed E-state index contributed by atoms with van der Waals surface area (Å²) in [5.74, 6) is 0. The molecule has 2 heterocycles. The maximum absolute atomic E-state index is 13.5. The third kappa shape index (κ3) is 3.72. The number of aryl methyl sites for hydroxylation is 1. The van der Waals surface area contributed by atoms with Gasteiger partial charge in [0.05, 0.1) is 0 Å². The zero-order valence-corrected chi connectivity index (χ0v) is 19.1. The van der Waals surface area contributed by atoms with Gasteiger partial charge in [0, 0.05) is 60.1 Å². The number of likely N-dealkylation sites (tertiary alicyclic amines) is 1. The number of hydrogen-bond donors (Lipinski definition) is 1. The maximum Gasteiger partial charge on any atom is 0.194 e. The molecular formula is C25H37N3O. The second kappa shape index (κ2) is 7.16. The third-order valence-electron chi connectivity index (χ3n) is 7.31. The number of rotatable bonds is 5. The van der Waals surface area contributed by atoms with Crippen LogP contribution in [0.3, 0.4) is 0 Å². The van der Waals surface area contributed by atoms with Crippen LogP contribution in [0.2, 0.25) is 0 Å². The number of aromatic nitrogens is 1. The molecule has 1 saturated heterocycles. The summed E-state index contributed by atoms with van der Waals surface area (Å²) in [6.07, 6.45) is 3.79. The maximum atomic E-state index is 13.5. The molecular weight excluding hydrogens is 358 g/mol. The fourth-order valence-corrected chi connectivity index (χ4v) is 6.38. The molecule has 2 aromatic rings. The van der Waals surface area contributed by atoms with Gasteiger partial charge in [-0.05, 0) is 69.1 Å². The third-order valence-corrected chi connectivity index (χ3v) is 7.31. The number of hydrogen-bond acceptors (Lipinski definition) is 3. The van der Waals surface area contributed by atoms with Gasteiger partial charge in [0.25, 0.3) is 0 Å². The van der Waals surface area contributed by atoms with Crippen molar-refractivity contribution < 1.29 is 0 Å². The normalized spacial score (nSPS) is 26.2. The molecule has 4 rings (SSSR count). The highest BCUT2D eigenvalue weighted by molar-refractivity contribution is 5.83. The van der Waals surface area contributed by atoms with E-state index >= 15 is 0 Å². The standard InChI is InChI=1S/C25H37N3O/c1-7-27(8-2)18-9-10-22-20(11-18)23(29)21(17(3)26-22)14-28-16-25(6)13-19(28)12-24(4,5)15-25/h9-11,19H,7-8,12-16H2,1-6H3,(H,26,29). The van der Waals surface area contributed by atoms with Crippen molar-refractivity contribution in [3.8, 4) is 0 Å². The van der Waals surface area contributed by atoms with Crippen LogP contribution in [0.4, 0.5) is 5.69 Å². The first kappa shape index (κ1) is 20.5. The Morgan fingerprint density at radius 3 is 2.59 bits per heavy atom. The first-order valence-corrected chi connectivity index (χ1v) is 11.3. The van der Waals surface area contributed by atoms with Crippen molar-refractivity contribution in [3.63, 3.8) is 0 Å². The van der Waals surface area contributed by atoms with E-state index in [1.807, 2.05) is 0 Å². The summed E-state index contributed by atoms with van der Waals surface area (Å²) < 4.78 is 0. The van der Waals surface area contributed by atoms with Gasteiger partial charge in [-0.1, -0.05) is 20.8 Å². The molecule has 158 valence electrons. The number of pyridine rings is 1. The topological polar surface area (TPSA) is 39.3 Å². The lowest BCUT2D eigenvalue weighted by Crippen LogP contribution is -2.35. The minimum Gasteiger partial charge on any atom is -0.372 e. The molecule has 4 nitrogen and oxygen atoms in total. The van der Waals surface area contributed by atoms with Gasteiger partial charge in [-0.2, -0.15) is 0 Å². The zero-order chi connectivity index (χ0) is 21.0. The molecule has 2 fully saturated rings. The highest BCUT2D eigenvalue weighted by Gasteiger charge is 2.49. The van der Waals surface area contributed by atoms with Crippen molar-refractivity contribution in [2.45, 2.75) is 73.4 Å². The lowest BCUT2D eigenvalue weighted by atomic mass is 9.65. The Kier molecular flexibility index (Phi) is 5.05. The summed E-state index contributed by atoms with van der Waals surface area (Å²) in [5.41, 5.74) is 5.04. The van der Waals surface area contributed by atoms with Gasteiger partial charge in [-0.25, -0.2) is 0 Å². The molecule has 1 aliphatic carbocycles. The first-order valence-electron chi connectivity index (χ1n) is 11.3. The second-order valence-electron chi connectivity index (χ2n) is 10.6. The van der Waals surface area contributed by atoms with Gasteiger partial charge >= 0.3 is 0 Å². The Balaban J connectivity index is 1.70. The molecule has 1 saturated carbocycles. The average molecular weight is 396 g/mol. The van der Waals surface area contributed by atoms with Crippen molar-refractivity contribution in [3.05, 3.63) is 39.7 Å². The van der Waals surface area contributed by atoms with E-state index in [1.54, 1.807) is 0 Å². The van der Waals surface area contributed by atoms with E-state index in [-0.39, 0.29) is 5.43 Å². The highest BCUT2D eigenvalue weighted by Crippen LogP contribution is 2.52. The molecule has 1 aromatic carbocycles. The number of fused-ring (bicyclic) bond motifs is 3. The van der Waals surface area contributed by atoms with Gasteiger partial charge in [-0.3, -0.25) is 9.69 Å². The predicted octanol–water partition coefficient (Wildman–Crippen LogP) is 5.08. The van der Waals surface area contributed by atoms with Gasteiger partial charge in [0.2, 0.25) is 0 Å². The molecule has 2 aliphatic rings. The lowest BCUT2D eigenvalue weighted by Gasteiger charge is -2.40. The number of aromatic amines is 1. The van der Waals surface area contributed by atoms with Crippen molar-refractivity contribution in [2.24, 2.45) is 10.8 Å². The first-order chi connectivity index (χ1) is 13.6. The van der Waals surface area contributed by atoms with E-state index in [1.165, 1.54) is 19.3 Å². The fraction of sp³-hybridized carbons (Fsp3) is 0.640. The Morgan fingerprint density at radius 1 is 1.17 bits per heavy atom. The van der Waals surface area contributed by atoms with Crippen LogP contribution in [0.25, 0.3) is 10.9 Å². The van der Waals surface area contributed by atoms with E-state index in [2.05, 4.69) is 74.5 Å². The number of benzene rings is 1. The van der Waals surface area contributed by atoms with Crippen LogP contribution < -0.4 is 10.3 Å². The summed E-state index contributed by atoms with van der Waals surface area (Å²) >= 11 is 0. The quantitative estimate of drug-likeness (QED) is 0.767. The van der Waals surface area contributed by atoms with Crippen LogP contribution in [-0.4, -0.2) is 35.6 Å². The molecule has 0 amide bonds. The number of nitrogens with zero attached hydrogens (tertiary/aromatic N) is 2. The number of nitrogens with one attached hydrogen (secondary N) is 1. The Hall–Kier alpha value is -1.81. The summed E-state index contributed by atoms with van der Waals surface area (Å²) in [6.45, 7) is 17.4. The molecule has 29 heavy (non-hydrogen) atoms. The molecule has 1 aromatic heterocycles. The van der Waals surface area contributed by atoms with E-state index in [0.717, 1.165) is 54.0 Å². The molecule has 2 bridgehead atoms. The van der Waals surface area contributed by atoms with Crippen LogP contribution in [0.5, 0.6) is 0 Å². The highest BCUT2D eigenvalue weighted by atomic mass is 16.1. The van der Waals surface area contributed by atoms with Gasteiger partial charge in [0.1, 0.15) is 0 Å². The molecule has 2 atom stereocenters. The molecule has 4 heteroatoms. The minimum absolute atomic E-state index is 0.205. The van der Waals surface area contributed by atoms with Crippen molar-refractivity contribution in [1.82, 2.24) is 9.88 Å². The molecule has 2 unspecified atom stereocenters. The summed E-state index contributed by atoms with van der Waals surface area (Å²) in [7, 11) is 0. The summed E-state index contributed by atoms with van der Waals surface area (Å²) in [6, 6.07) is 6.86. The van der Waals surface area contributed by atoms with Crippen LogP contribution in [0.15, 0.2) is 23.0 Å². The lowest BCUT2D eigenvalue weighted by molar-refractivity contribution is 0.126. The minimum atomic E-state index is 0.205. The molecule has 0 radical (unpaired) electrons. The largest absolute Gasteiger partial charge is 0.372 e. The Morgan fingerprint density at radius 2 is 1.90 bits per heavy atom. The van der Waals surface area contributed by atoms with Crippen molar-refractivity contribution >= 4 is 16.6 Å². The van der Waals surface area contributed by atoms with E-state index in [4.69, 9.17) is 0 Å². The molecule has 1 N–H and O–H groups in total.